The van der Waals surface area contributed by atoms with Crippen LogP contribution in [0, 0.1) is 5.92 Å². The third kappa shape index (κ3) is 4.43. The summed E-state index contributed by atoms with van der Waals surface area (Å²) in [4.78, 5) is 23.7. The molecule has 1 fully saturated rings. The Morgan fingerprint density at radius 1 is 1.12 bits per heavy atom. The molecule has 2 aromatic rings. The molecule has 2 N–H and O–H groups in total. The van der Waals surface area contributed by atoms with Gasteiger partial charge in [-0.25, -0.2) is 5.43 Å². The third-order valence-corrected chi connectivity index (χ3v) is 3.83. The van der Waals surface area contributed by atoms with E-state index in [4.69, 9.17) is 11.6 Å². The number of benzene rings is 2. The van der Waals surface area contributed by atoms with Gasteiger partial charge in [0.25, 0.3) is 5.91 Å². The maximum absolute atomic E-state index is 12.0. The van der Waals surface area contributed by atoms with Crippen LogP contribution in [0.15, 0.2) is 53.6 Å². The van der Waals surface area contributed by atoms with Crippen molar-refractivity contribution in [1.29, 1.82) is 0 Å². The lowest BCUT2D eigenvalue weighted by molar-refractivity contribution is -0.117. The van der Waals surface area contributed by atoms with Gasteiger partial charge >= 0.3 is 0 Å². The molecule has 1 aliphatic carbocycles. The summed E-state index contributed by atoms with van der Waals surface area (Å²) in [6.07, 6.45) is 3.43. The number of rotatable bonds is 5. The molecule has 0 unspecified atom stereocenters. The number of hydrogen-bond acceptors (Lipinski definition) is 3. The van der Waals surface area contributed by atoms with Gasteiger partial charge in [0.05, 0.1) is 6.21 Å². The Labute approximate surface area is 144 Å². The molecule has 0 radical (unpaired) electrons. The smallest absolute Gasteiger partial charge is 0.271 e. The van der Waals surface area contributed by atoms with Crippen LogP contribution in [0.5, 0.6) is 0 Å². The lowest BCUT2D eigenvalue weighted by Crippen LogP contribution is -2.18. The highest BCUT2D eigenvalue weighted by Crippen LogP contribution is 2.30. The topological polar surface area (TPSA) is 70.6 Å². The Morgan fingerprint density at radius 2 is 1.88 bits per heavy atom. The highest BCUT2D eigenvalue weighted by atomic mass is 35.5. The molecule has 6 heteroatoms. The molecule has 2 aromatic carbocycles. The Kier molecular flexibility index (Phi) is 4.91. The van der Waals surface area contributed by atoms with E-state index in [2.05, 4.69) is 15.8 Å². The van der Waals surface area contributed by atoms with Gasteiger partial charge in [0.15, 0.2) is 0 Å². The van der Waals surface area contributed by atoms with Crippen molar-refractivity contribution in [3.05, 3.63) is 64.7 Å². The monoisotopic (exact) mass is 341 g/mol. The van der Waals surface area contributed by atoms with Gasteiger partial charge in [0.1, 0.15) is 0 Å². The van der Waals surface area contributed by atoms with Crippen LogP contribution in [0.1, 0.15) is 28.8 Å². The summed E-state index contributed by atoms with van der Waals surface area (Å²) in [7, 11) is 0. The van der Waals surface area contributed by atoms with Crippen LogP contribution in [0.4, 0.5) is 5.69 Å². The van der Waals surface area contributed by atoms with Crippen molar-refractivity contribution in [2.75, 3.05) is 5.32 Å². The van der Waals surface area contributed by atoms with Gasteiger partial charge in [-0.1, -0.05) is 23.7 Å². The van der Waals surface area contributed by atoms with Crippen LogP contribution in [-0.2, 0) is 4.79 Å². The van der Waals surface area contributed by atoms with E-state index in [1.807, 2.05) is 6.07 Å². The second kappa shape index (κ2) is 7.27. The van der Waals surface area contributed by atoms with E-state index < -0.39 is 0 Å². The minimum Gasteiger partial charge on any atom is -0.326 e. The summed E-state index contributed by atoms with van der Waals surface area (Å²) in [6, 6.07) is 13.8. The Balaban J connectivity index is 1.55. The number of hydrogen-bond donors (Lipinski definition) is 2. The highest BCUT2D eigenvalue weighted by Gasteiger charge is 2.29. The number of anilines is 1. The number of nitrogens with one attached hydrogen (secondary N) is 2. The van der Waals surface area contributed by atoms with Gasteiger partial charge in [0.2, 0.25) is 5.91 Å². The first-order valence-electron chi connectivity index (χ1n) is 7.62. The summed E-state index contributed by atoms with van der Waals surface area (Å²) in [5, 5.41) is 7.34. The van der Waals surface area contributed by atoms with Crippen LogP contribution in [0.3, 0.4) is 0 Å². The maximum Gasteiger partial charge on any atom is 0.271 e. The molecule has 0 aromatic heterocycles. The predicted molar refractivity (Wildman–Crippen MR) is 94.3 cm³/mol. The Morgan fingerprint density at radius 3 is 2.54 bits per heavy atom. The van der Waals surface area contributed by atoms with Crippen molar-refractivity contribution < 1.29 is 9.59 Å². The molecule has 5 nitrogen and oxygen atoms in total. The average molecular weight is 342 g/mol. The molecule has 2 amide bonds. The SMILES string of the molecule is O=C(NN=Cc1cccc(Cl)c1)c1ccc(NC(=O)C2CC2)cc1. The van der Waals surface area contributed by atoms with E-state index in [1.54, 1.807) is 42.5 Å². The van der Waals surface area contributed by atoms with Crippen molar-refractivity contribution in [3.8, 4) is 0 Å². The van der Waals surface area contributed by atoms with E-state index in [-0.39, 0.29) is 17.7 Å². The number of halogens is 1. The average Bonchev–Trinajstić information content (AvgIpc) is 3.40. The van der Waals surface area contributed by atoms with E-state index in [0.717, 1.165) is 18.4 Å². The molecular formula is C18H16ClN3O2. The van der Waals surface area contributed by atoms with Crippen molar-refractivity contribution >= 4 is 35.3 Å². The molecule has 0 bridgehead atoms. The van der Waals surface area contributed by atoms with Gasteiger partial charge < -0.3 is 5.32 Å². The second-order valence-corrected chi connectivity index (χ2v) is 6.03. The van der Waals surface area contributed by atoms with Gasteiger partial charge in [-0.3, -0.25) is 9.59 Å². The lowest BCUT2D eigenvalue weighted by Gasteiger charge is -2.05. The molecule has 0 saturated heterocycles. The number of nitrogens with zero attached hydrogens (tertiary/aromatic N) is 1. The van der Waals surface area contributed by atoms with Gasteiger partial charge in [-0.2, -0.15) is 5.10 Å². The van der Waals surface area contributed by atoms with Crippen LogP contribution in [0.25, 0.3) is 0 Å². The van der Waals surface area contributed by atoms with Gasteiger partial charge in [-0.15, -0.1) is 0 Å². The Bertz CT molecular complexity index is 783. The summed E-state index contributed by atoms with van der Waals surface area (Å²) in [5.74, 6) is -0.138. The van der Waals surface area contributed by atoms with Crippen molar-refractivity contribution in [3.63, 3.8) is 0 Å². The molecule has 122 valence electrons. The van der Waals surface area contributed by atoms with E-state index in [0.29, 0.717) is 16.3 Å². The van der Waals surface area contributed by atoms with Crippen molar-refractivity contribution in [2.45, 2.75) is 12.8 Å². The molecule has 24 heavy (non-hydrogen) atoms. The van der Waals surface area contributed by atoms with Crippen LogP contribution >= 0.6 is 11.6 Å². The molecule has 0 heterocycles. The number of carbonyl (C=O) groups is 2. The molecule has 0 atom stereocenters. The molecule has 1 aliphatic rings. The van der Waals surface area contributed by atoms with Crippen LogP contribution in [0.2, 0.25) is 5.02 Å². The maximum atomic E-state index is 12.0. The highest BCUT2D eigenvalue weighted by molar-refractivity contribution is 6.30. The van der Waals surface area contributed by atoms with E-state index in [9.17, 15) is 9.59 Å². The minimum absolute atomic E-state index is 0.0401. The fraction of sp³-hybridized carbons (Fsp3) is 0.167. The van der Waals surface area contributed by atoms with Crippen LogP contribution < -0.4 is 10.7 Å². The zero-order chi connectivity index (χ0) is 16.9. The van der Waals surface area contributed by atoms with Crippen molar-refractivity contribution in [1.82, 2.24) is 5.43 Å². The molecule has 0 aliphatic heterocycles. The summed E-state index contributed by atoms with van der Waals surface area (Å²) >= 11 is 5.88. The zero-order valence-corrected chi connectivity index (χ0v) is 13.6. The Hall–Kier alpha value is -2.66. The first-order valence-corrected chi connectivity index (χ1v) is 7.99. The fourth-order valence-corrected chi connectivity index (χ4v) is 2.31. The van der Waals surface area contributed by atoms with Crippen LogP contribution in [-0.4, -0.2) is 18.0 Å². The lowest BCUT2D eigenvalue weighted by atomic mass is 10.2. The minimum atomic E-state index is -0.326. The zero-order valence-electron chi connectivity index (χ0n) is 12.8. The third-order valence-electron chi connectivity index (χ3n) is 3.59. The van der Waals surface area contributed by atoms with Crippen molar-refractivity contribution in [2.24, 2.45) is 11.0 Å². The second-order valence-electron chi connectivity index (χ2n) is 5.60. The van der Waals surface area contributed by atoms with E-state index in [1.165, 1.54) is 6.21 Å². The predicted octanol–water partition coefficient (Wildman–Crippen LogP) is 3.45. The summed E-state index contributed by atoms with van der Waals surface area (Å²) < 4.78 is 0. The van der Waals surface area contributed by atoms with E-state index >= 15 is 0 Å². The molecule has 3 rings (SSSR count). The number of amides is 2. The van der Waals surface area contributed by atoms with Gasteiger partial charge in [0, 0.05) is 22.2 Å². The molecular weight excluding hydrogens is 326 g/mol. The molecule has 0 spiro atoms. The molecule has 1 saturated carbocycles. The number of hydrazone groups is 1. The summed E-state index contributed by atoms with van der Waals surface area (Å²) in [6.45, 7) is 0. The largest absolute Gasteiger partial charge is 0.326 e. The fourth-order valence-electron chi connectivity index (χ4n) is 2.11. The quantitative estimate of drug-likeness (QED) is 0.646. The van der Waals surface area contributed by atoms with Gasteiger partial charge in [-0.05, 0) is 54.8 Å². The summed E-state index contributed by atoms with van der Waals surface area (Å²) in [5.41, 5.74) is 4.39. The standard InChI is InChI=1S/C18H16ClN3O2/c19-15-3-1-2-12(10-15)11-20-22-18(24)14-6-8-16(9-7-14)21-17(23)13-4-5-13/h1-3,6-11,13H,4-5H2,(H,21,23)(H,22,24). The number of carbonyl (C=O) groups excluding carboxylic acids is 2. The normalized spacial score (nSPS) is 13.7. The first kappa shape index (κ1) is 16.2. The first-order chi connectivity index (χ1) is 11.6.